The number of rotatable bonds is 3. The van der Waals surface area contributed by atoms with Crippen LogP contribution in [0.2, 0.25) is 0 Å². The molecule has 2 rings (SSSR count). The van der Waals surface area contributed by atoms with Crippen molar-refractivity contribution in [3.05, 3.63) is 29.8 Å². The van der Waals surface area contributed by atoms with Crippen LogP contribution in [0.5, 0.6) is 5.75 Å². The van der Waals surface area contributed by atoms with Crippen LogP contribution in [0.4, 0.5) is 22.0 Å². The quantitative estimate of drug-likeness (QED) is 0.850. The molecule has 1 aromatic carbocycles. The van der Waals surface area contributed by atoms with Crippen LogP contribution >= 0.6 is 0 Å². The number of nitrogens with one attached hydrogen (secondary N) is 1. The Morgan fingerprint density at radius 1 is 1.11 bits per heavy atom. The molecular weight excluding hydrogens is 257 g/mol. The highest BCUT2D eigenvalue weighted by atomic mass is 19.4. The first kappa shape index (κ1) is 13.1. The molecule has 0 aliphatic carbocycles. The molecule has 0 atom stereocenters. The van der Waals surface area contributed by atoms with Crippen LogP contribution in [0.1, 0.15) is 5.56 Å². The maximum atomic E-state index is 13.1. The SMILES string of the molecule is FC(F)(F)C(F)(F)c1cccc(OC2CNC2)c1. The smallest absolute Gasteiger partial charge is 0.458 e. The van der Waals surface area contributed by atoms with Gasteiger partial charge in [0.05, 0.1) is 0 Å². The van der Waals surface area contributed by atoms with Gasteiger partial charge in [-0.3, -0.25) is 0 Å². The molecule has 0 radical (unpaired) electrons. The molecule has 1 aliphatic rings. The fourth-order valence-corrected chi connectivity index (χ4v) is 1.47. The standard InChI is InChI=1S/C11H10F5NO/c12-10(13,11(14,15)16)7-2-1-3-8(4-7)18-9-5-17-6-9/h1-4,9,17H,5-6H2. The molecule has 0 saturated carbocycles. The normalized spacial score (nSPS) is 17.4. The number of halogens is 5. The van der Waals surface area contributed by atoms with Gasteiger partial charge in [0.25, 0.3) is 0 Å². The van der Waals surface area contributed by atoms with E-state index in [1.807, 2.05) is 0 Å². The summed E-state index contributed by atoms with van der Waals surface area (Å²) >= 11 is 0. The predicted molar refractivity (Wildman–Crippen MR) is 53.7 cm³/mol. The van der Waals surface area contributed by atoms with E-state index in [-0.39, 0.29) is 11.9 Å². The van der Waals surface area contributed by atoms with Crippen molar-refractivity contribution in [1.82, 2.24) is 5.32 Å². The molecule has 0 spiro atoms. The summed E-state index contributed by atoms with van der Waals surface area (Å²) in [4.78, 5) is 0. The maximum absolute atomic E-state index is 13.1. The van der Waals surface area contributed by atoms with E-state index in [0.29, 0.717) is 13.1 Å². The van der Waals surface area contributed by atoms with Gasteiger partial charge in [0.2, 0.25) is 0 Å². The summed E-state index contributed by atoms with van der Waals surface area (Å²) in [6.07, 6.45) is -5.79. The predicted octanol–water partition coefficient (Wildman–Crippen LogP) is 2.69. The van der Waals surface area contributed by atoms with Gasteiger partial charge in [0.15, 0.2) is 0 Å². The van der Waals surface area contributed by atoms with Crippen molar-refractivity contribution >= 4 is 0 Å². The topological polar surface area (TPSA) is 21.3 Å². The average molecular weight is 267 g/mol. The summed E-state index contributed by atoms with van der Waals surface area (Å²) in [7, 11) is 0. The summed E-state index contributed by atoms with van der Waals surface area (Å²) in [6, 6.07) is 3.94. The molecule has 0 aromatic heterocycles. The molecule has 1 saturated heterocycles. The Labute approximate surface area is 99.7 Å². The summed E-state index contributed by atoms with van der Waals surface area (Å²) in [5.41, 5.74) is -1.11. The summed E-state index contributed by atoms with van der Waals surface area (Å²) < 4.78 is 68.0. The Hall–Kier alpha value is -1.37. The number of benzene rings is 1. The molecule has 1 fully saturated rings. The van der Waals surface area contributed by atoms with E-state index in [4.69, 9.17) is 4.74 Å². The number of hydrogen-bond donors (Lipinski definition) is 1. The lowest BCUT2D eigenvalue weighted by molar-refractivity contribution is -0.289. The molecule has 100 valence electrons. The van der Waals surface area contributed by atoms with Crippen LogP contribution in [0, 0.1) is 0 Å². The highest BCUT2D eigenvalue weighted by Gasteiger charge is 2.58. The lowest BCUT2D eigenvalue weighted by atomic mass is 10.1. The van der Waals surface area contributed by atoms with Crippen molar-refractivity contribution in [2.75, 3.05) is 13.1 Å². The molecule has 1 heterocycles. The number of alkyl halides is 5. The van der Waals surface area contributed by atoms with E-state index in [0.717, 1.165) is 18.2 Å². The zero-order valence-electron chi connectivity index (χ0n) is 9.10. The number of ether oxygens (including phenoxy) is 1. The maximum Gasteiger partial charge on any atom is 0.458 e. The first-order valence-electron chi connectivity index (χ1n) is 5.23. The van der Waals surface area contributed by atoms with Gasteiger partial charge in [0.1, 0.15) is 11.9 Å². The van der Waals surface area contributed by atoms with Crippen LogP contribution in [-0.2, 0) is 5.92 Å². The van der Waals surface area contributed by atoms with Gasteiger partial charge in [-0.05, 0) is 12.1 Å². The zero-order valence-corrected chi connectivity index (χ0v) is 9.10. The first-order chi connectivity index (χ1) is 8.30. The minimum atomic E-state index is -5.61. The molecule has 0 unspecified atom stereocenters. The summed E-state index contributed by atoms with van der Waals surface area (Å²) in [6.45, 7) is 1.11. The molecule has 0 amide bonds. The fraction of sp³-hybridized carbons (Fsp3) is 0.455. The van der Waals surface area contributed by atoms with Crippen molar-refractivity contribution in [2.45, 2.75) is 18.2 Å². The molecule has 18 heavy (non-hydrogen) atoms. The van der Waals surface area contributed by atoms with Gasteiger partial charge in [0, 0.05) is 18.7 Å². The van der Waals surface area contributed by atoms with Crippen molar-refractivity contribution in [3.63, 3.8) is 0 Å². The Morgan fingerprint density at radius 2 is 1.78 bits per heavy atom. The van der Waals surface area contributed by atoms with E-state index in [1.54, 1.807) is 0 Å². The van der Waals surface area contributed by atoms with Gasteiger partial charge < -0.3 is 10.1 Å². The highest BCUT2D eigenvalue weighted by molar-refractivity contribution is 5.32. The first-order valence-corrected chi connectivity index (χ1v) is 5.23. The van der Waals surface area contributed by atoms with Crippen LogP contribution in [0.25, 0.3) is 0 Å². The van der Waals surface area contributed by atoms with E-state index < -0.39 is 17.7 Å². The van der Waals surface area contributed by atoms with Crippen molar-refractivity contribution in [3.8, 4) is 5.75 Å². The molecule has 1 aromatic rings. The van der Waals surface area contributed by atoms with Gasteiger partial charge in [-0.15, -0.1) is 0 Å². The summed E-state index contributed by atoms with van der Waals surface area (Å²) in [5.74, 6) is -4.85. The average Bonchev–Trinajstić information content (AvgIpc) is 2.22. The molecule has 0 bridgehead atoms. The van der Waals surface area contributed by atoms with Crippen LogP contribution in [0.3, 0.4) is 0 Å². The Morgan fingerprint density at radius 3 is 2.28 bits per heavy atom. The molecular formula is C11H10F5NO. The van der Waals surface area contributed by atoms with Crippen molar-refractivity contribution in [2.24, 2.45) is 0 Å². The third kappa shape index (κ3) is 2.40. The molecule has 1 N–H and O–H groups in total. The van der Waals surface area contributed by atoms with Gasteiger partial charge in [-0.1, -0.05) is 12.1 Å². The molecule has 2 nitrogen and oxygen atoms in total. The monoisotopic (exact) mass is 267 g/mol. The minimum Gasteiger partial charge on any atom is -0.488 e. The minimum absolute atomic E-state index is 0.0166. The largest absolute Gasteiger partial charge is 0.488 e. The van der Waals surface area contributed by atoms with E-state index in [9.17, 15) is 22.0 Å². The van der Waals surface area contributed by atoms with Crippen LogP contribution in [-0.4, -0.2) is 25.4 Å². The number of hydrogen-bond acceptors (Lipinski definition) is 2. The van der Waals surface area contributed by atoms with E-state index in [2.05, 4.69) is 5.32 Å². The lowest BCUT2D eigenvalue weighted by Crippen LogP contribution is -2.50. The fourth-order valence-electron chi connectivity index (χ4n) is 1.47. The van der Waals surface area contributed by atoms with Crippen molar-refractivity contribution < 1.29 is 26.7 Å². The van der Waals surface area contributed by atoms with Gasteiger partial charge >= 0.3 is 12.1 Å². The Bertz CT molecular complexity index is 428. The third-order valence-electron chi connectivity index (χ3n) is 2.60. The van der Waals surface area contributed by atoms with E-state index in [1.165, 1.54) is 6.07 Å². The second-order valence-electron chi connectivity index (χ2n) is 4.00. The second-order valence-corrected chi connectivity index (χ2v) is 4.00. The highest BCUT2D eigenvalue weighted by Crippen LogP contribution is 2.44. The van der Waals surface area contributed by atoms with E-state index >= 15 is 0 Å². The Kier molecular flexibility index (Phi) is 3.18. The van der Waals surface area contributed by atoms with Gasteiger partial charge in [-0.2, -0.15) is 22.0 Å². The zero-order chi connectivity index (χ0) is 13.4. The molecule has 1 aliphatic heterocycles. The third-order valence-corrected chi connectivity index (χ3v) is 2.60. The molecule has 7 heteroatoms. The lowest BCUT2D eigenvalue weighted by Gasteiger charge is -2.28. The Balaban J connectivity index is 2.20. The van der Waals surface area contributed by atoms with Crippen molar-refractivity contribution in [1.29, 1.82) is 0 Å². The van der Waals surface area contributed by atoms with Gasteiger partial charge in [-0.25, -0.2) is 0 Å². The second kappa shape index (κ2) is 4.38. The van der Waals surface area contributed by atoms with Crippen LogP contribution in [0.15, 0.2) is 24.3 Å². The summed E-state index contributed by atoms with van der Waals surface area (Å²) in [5, 5.41) is 2.90. The van der Waals surface area contributed by atoms with Crippen LogP contribution < -0.4 is 10.1 Å².